The van der Waals surface area contributed by atoms with Gasteiger partial charge in [0.25, 0.3) is 0 Å². The molecule has 0 aliphatic rings. The molecule has 2 N–H and O–H groups in total. The van der Waals surface area contributed by atoms with Crippen LogP contribution in [0.2, 0.25) is 0 Å². The third-order valence-electron chi connectivity index (χ3n) is 4.54. The minimum Gasteiger partial charge on any atom is -0.493 e. The molecule has 3 rings (SSSR count). The number of methoxy groups -OCH3 is 3. The molecule has 6 nitrogen and oxygen atoms in total. The van der Waals surface area contributed by atoms with Gasteiger partial charge in [-0.05, 0) is 41.5 Å². The highest BCUT2D eigenvalue weighted by atomic mass is 32.1. The molecule has 31 heavy (non-hydrogen) atoms. The molecule has 0 aliphatic heterocycles. The van der Waals surface area contributed by atoms with Crippen molar-refractivity contribution < 1.29 is 19.0 Å². The van der Waals surface area contributed by atoms with Gasteiger partial charge in [-0.1, -0.05) is 36.4 Å². The molecule has 2 aromatic carbocycles. The zero-order valence-electron chi connectivity index (χ0n) is 17.6. The first kappa shape index (κ1) is 22.6. The van der Waals surface area contributed by atoms with E-state index in [9.17, 15) is 4.79 Å². The molecule has 0 spiro atoms. The van der Waals surface area contributed by atoms with Gasteiger partial charge in [-0.15, -0.1) is 11.3 Å². The average Bonchev–Trinajstić information content (AvgIpc) is 3.19. The second kappa shape index (κ2) is 10.8. The number of esters is 1. The maximum absolute atomic E-state index is 12.2. The van der Waals surface area contributed by atoms with Crippen LogP contribution in [-0.2, 0) is 17.7 Å². The van der Waals surface area contributed by atoms with Gasteiger partial charge in [0, 0.05) is 17.8 Å². The zero-order valence-corrected chi connectivity index (χ0v) is 19.2. The highest BCUT2D eigenvalue weighted by molar-refractivity contribution is 7.80. The first-order chi connectivity index (χ1) is 15.0. The normalized spacial score (nSPS) is 10.3. The number of rotatable bonds is 8. The number of nitrogens with one attached hydrogen (secondary N) is 2. The number of anilines is 1. The number of carbonyl (C=O) groups excluding carboxylic acids is 1. The summed E-state index contributed by atoms with van der Waals surface area (Å²) in [5, 5.41) is 7.36. The average molecular weight is 457 g/mol. The Bertz CT molecular complexity index is 1050. The van der Waals surface area contributed by atoms with Crippen molar-refractivity contribution in [2.75, 3.05) is 26.6 Å². The maximum Gasteiger partial charge on any atom is 0.340 e. The molecule has 0 aliphatic carbocycles. The van der Waals surface area contributed by atoms with Gasteiger partial charge in [0.2, 0.25) is 0 Å². The van der Waals surface area contributed by atoms with Gasteiger partial charge < -0.3 is 24.8 Å². The number of ether oxygens (including phenoxy) is 3. The summed E-state index contributed by atoms with van der Waals surface area (Å²) in [6.07, 6.45) is 0.725. The summed E-state index contributed by atoms with van der Waals surface area (Å²) in [4.78, 5) is 13.3. The SMILES string of the molecule is COC(=O)c1cc(Cc2ccccc2)sc1NC(=S)NCc1ccc(OC)c(OC)c1. The van der Waals surface area contributed by atoms with Crippen molar-refractivity contribution in [1.29, 1.82) is 0 Å². The van der Waals surface area contributed by atoms with E-state index in [0.717, 1.165) is 16.9 Å². The third kappa shape index (κ3) is 5.96. The Morgan fingerprint density at radius 3 is 2.39 bits per heavy atom. The first-order valence-electron chi connectivity index (χ1n) is 9.54. The van der Waals surface area contributed by atoms with Gasteiger partial charge in [0.15, 0.2) is 16.6 Å². The van der Waals surface area contributed by atoms with Crippen LogP contribution >= 0.6 is 23.6 Å². The summed E-state index contributed by atoms with van der Waals surface area (Å²) in [5.41, 5.74) is 2.61. The molecule has 0 amide bonds. The Kier molecular flexibility index (Phi) is 7.86. The van der Waals surface area contributed by atoms with Crippen molar-refractivity contribution >= 4 is 39.6 Å². The Balaban J connectivity index is 1.69. The molecule has 8 heteroatoms. The van der Waals surface area contributed by atoms with Gasteiger partial charge in [0.05, 0.1) is 26.9 Å². The van der Waals surface area contributed by atoms with E-state index in [0.29, 0.717) is 33.7 Å². The summed E-state index contributed by atoms with van der Waals surface area (Å²) in [5.74, 6) is 0.914. The predicted molar refractivity (Wildman–Crippen MR) is 128 cm³/mol. The monoisotopic (exact) mass is 456 g/mol. The standard InChI is InChI=1S/C23H24N2O4S2/c1-27-19-10-9-16(12-20(19)28-2)14-24-23(30)25-21-18(22(26)29-3)13-17(31-21)11-15-7-5-4-6-8-15/h4-10,12-13H,11,14H2,1-3H3,(H2,24,25,30). The quantitative estimate of drug-likeness (QED) is 0.378. The van der Waals surface area contributed by atoms with E-state index in [1.54, 1.807) is 14.2 Å². The number of carbonyl (C=O) groups is 1. The topological polar surface area (TPSA) is 68.8 Å². The van der Waals surface area contributed by atoms with Gasteiger partial charge >= 0.3 is 5.97 Å². The summed E-state index contributed by atoms with van der Waals surface area (Å²) in [6.45, 7) is 0.488. The molecule has 0 unspecified atom stereocenters. The molecule has 1 heterocycles. The Hall–Kier alpha value is -3.10. The van der Waals surface area contributed by atoms with E-state index in [2.05, 4.69) is 22.8 Å². The van der Waals surface area contributed by atoms with E-state index < -0.39 is 5.97 Å². The minimum atomic E-state index is -0.402. The van der Waals surface area contributed by atoms with Crippen molar-refractivity contribution in [3.8, 4) is 11.5 Å². The number of thiocarbonyl (C=S) groups is 1. The second-order valence-corrected chi connectivity index (χ2v) is 8.15. The van der Waals surface area contributed by atoms with Crippen LogP contribution in [0.15, 0.2) is 54.6 Å². The first-order valence-corrected chi connectivity index (χ1v) is 10.8. The maximum atomic E-state index is 12.2. The number of thiophene rings is 1. The Labute approximate surface area is 191 Å². The van der Waals surface area contributed by atoms with E-state index in [-0.39, 0.29) is 0 Å². The molecule has 0 saturated heterocycles. The number of benzene rings is 2. The summed E-state index contributed by atoms with van der Waals surface area (Å²) < 4.78 is 15.5. The summed E-state index contributed by atoms with van der Waals surface area (Å²) in [7, 11) is 4.56. The van der Waals surface area contributed by atoms with Crippen LogP contribution in [0.5, 0.6) is 11.5 Å². The van der Waals surface area contributed by atoms with Gasteiger partial charge in [-0.25, -0.2) is 4.79 Å². The molecule has 3 aromatic rings. The van der Waals surface area contributed by atoms with Crippen molar-refractivity contribution in [2.45, 2.75) is 13.0 Å². The molecule has 0 bridgehead atoms. The molecular formula is C23H24N2O4S2. The van der Waals surface area contributed by atoms with Gasteiger partial charge in [-0.2, -0.15) is 0 Å². The Morgan fingerprint density at radius 1 is 0.968 bits per heavy atom. The fourth-order valence-corrected chi connectivity index (χ4v) is 4.32. The molecular weight excluding hydrogens is 432 g/mol. The molecule has 0 radical (unpaired) electrons. The Morgan fingerprint density at radius 2 is 1.71 bits per heavy atom. The lowest BCUT2D eigenvalue weighted by molar-refractivity contribution is 0.0602. The van der Waals surface area contributed by atoms with Crippen LogP contribution in [0, 0.1) is 0 Å². The predicted octanol–water partition coefficient (Wildman–Crippen LogP) is 4.63. The molecule has 0 saturated carbocycles. The van der Waals surface area contributed by atoms with E-state index >= 15 is 0 Å². The minimum absolute atomic E-state index is 0.402. The molecule has 1 aromatic heterocycles. The largest absolute Gasteiger partial charge is 0.493 e. The lowest BCUT2D eigenvalue weighted by Gasteiger charge is -2.12. The second-order valence-electron chi connectivity index (χ2n) is 6.61. The lowest BCUT2D eigenvalue weighted by atomic mass is 10.1. The smallest absolute Gasteiger partial charge is 0.340 e. The van der Waals surface area contributed by atoms with Crippen LogP contribution in [0.3, 0.4) is 0 Å². The highest BCUT2D eigenvalue weighted by Gasteiger charge is 2.18. The van der Waals surface area contributed by atoms with E-state index in [1.165, 1.54) is 24.0 Å². The fourth-order valence-electron chi connectivity index (χ4n) is 3.00. The van der Waals surface area contributed by atoms with Gasteiger partial charge in [-0.3, -0.25) is 0 Å². The summed E-state index contributed by atoms with van der Waals surface area (Å²) >= 11 is 6.93. The molecule has 0 fully saturated rings. The van der Waals surface area contributed by atoms with Crippen molar-refractivity contribution in [1.82, 2.24) is 5.32 Å². The van der Waals surface area contributed by atoms with Crippen molar-refractivity contribution in [3.05, 3.63) is 76.2 Å². The number of hydrogen-bond donors (Lipinski definition) is 2. The highest BCUT2D eigenvalue weighted by Crippen LogP contribution is 2.31. The zero-order chi connectivity index (χ0) is 22.2. The fraction of sp³-hybridized carbons (Fsp3) is 0.217. The molecule has 0 atom stereocenters. The van der Waals surface area contributed by atoms with Crippen molar-refractivity contribution in [2.24, 2.45) is 0 Å². The van der Waals surface area contributed by atoms with Crippen LogP contribution < -0.4 is 20.1 Å². The lowest BCUT2D eigenvalue weighted by Crippen LogP contribution is -2.28. The van der Waals surface area contributed by atoms with E-state index in [1.807, 2.05) is 42.5 Å². The van der Waals surface area contributed by atoms with Crippen LogP contribution in [-0.4, -0.2) is 32.4 Å². The number of hydrogen-bond acceptors (Lipinski definition) is 6. The molecule has 162 valence electrons. The third-order valence-corrected chi connectivity index (χ3v) is 5.83. The van der Waals surface area contributed by atoms with Crippen LogP contribution in [0.1, 0.15) is 26.4 Å². The van der Waals surface area contributed by atoms with Crippen LogP contribution in [0.25, 0.3) is 0 Å². The van der Waals surface area contributed by atoms with Crippen LogP contribution in [0.4, 0.5) is 5.00 Å². The van der Waals surface area contributed by atoms with Gasteiger partial charge in [0.1, 0.15) is 5.00 Å². The summed E-state index contributed by atoms with van der Waals surface area (Å²) in [6, 6.07) is 17.6. The van der Waals surface area contributed by atoms with E-state index in [4.69, 9.17) is 26.4 Å². The van der Waals surface area contributed by atoms with Crippen molar-refractivity contribution in [3.63, 3.8) is 0 Å².